The average Bonchev–Trinajstić information content (AvgIpc) is 3.01. The Hall–Kier alpha value is -1.31. The van der Waals surface area contributed by atoms with E-state index in [-0.39, 0.29) is 30.8 Å². The number of alkyl halides is 3. The Kier molecular flexibility index (Phi) is 5.89. The van der Waals surface area contributed by atoms with Gasteiger partial charge in [0.25, 0.3) is 0 Å². The molecule has 1 saturated carbocycles. The van der Waals surface area contributed by atoms with Gasteiger partial charge in [-0.15, -0.1) is 11.3 Å². The molecule has 1 atom stereocenters. The van der Waals surface area contributed by atoms with Crippen molar-refractivity contribution in [3.8, 4) is 0 Å². The summed E-state index contributed by atoms with van der Waals surface area (Å²) in [6.07, 6.45) is -1.44. The van der Waals surface area contributed by atoms with Gasteiger partial charge in [0.05, 0.1) is 10.9 Å². The first kappa shape index (κ1) is 18.0. The minimum absolute atomic E-state index is 0.0910. The molecule has 1 aliphatic carbocycles. The predicted octanol–water partition coefficient (Wildman–Crippen LogP) is 4.01. The summed E-state index contributed by atoms with van der Waals surface area (Å²) in [5, 5.41) is 5.71. The van der Waals surface area contributed by atoms with Gasteiger partial charge in [0.1, 0.15) is 0 Å². The molecule has 0 saturated heterocycles. The number of likely N-dealkylation sites (N-methyl/N-ethyl adjacent to an activating group) is 1. The number of thiazole rings is 1. The molecule has 23 heavy (non-hydrogen) atoms. The summed E-state index contributed by atoms with van der Waals surface area (Å²) in [5.41, 5.74) is 0. The number of nitrogens with one attached hydrogen (secondary N) is 1. The van der Waals surface area contributed by atoms with Crippen molar-refractivity contribution in [3.63, 3.8) is 0 Å². The number of halogens is 3. The van der Waals surface area contributed by atoms with Gasteiger partial charge in [0, 0.05) is 37.1 Å². The normalized spacial score (nSPS) is 23.3. The van der Waals surface area contributed by atoms with Crippen molar-refractivity contribution >= 4 is 17.4 Å². The molecular formula is C15H22F3N3OS. The first-order chi connectivity index (χ1) is 10.8. The van der Waals surface area contributed by atoms with E-state index in [0.717, 1.165) is 5.01 Å². The molecule has 4 nitrogen and oxygen atoms in total. The Morgan fingerprint density at radius 1 is 1.43 bits per heavy atom. The van der Waals surface area contributed by atoms with Crippen LogP contribution in [0.15, 0.2) is 11.6 Å². The maximum absolute atomic E-state index is 12.6. The molecule has 1 aliphatic rings. The summed E-state index contributed by atoms with van der Waals surface area (Å²) in [4.78, 5) is 18.0. The Labute approximate surface area is 138 Å². The standard InChI is InChI=1S/C15H22F3N3OS/c1-10(13-19-7-8-23-13)9-21(2)14(22)20-12-5-3-11(4-6-12)15(16,17)18/h7-8,10-12H,3-6,9H2,1-2H3,(H,20,22). The molecule has 0 radical (unpaired) electrons. The van der Waals surface area contributed by atoms with Gasteiger partial charge in [-0.05, 0) is 25.7 Å². The second kappa shape index (κ2) is 7.51. The molecule has 1 heterocycles. The number of carbonyl (C=O) groups excluding carboxylic acids is 1. The Balaban J connectivity index is 1.76. The summed E-state index contributed by atoms with van der Waals surface area (Å²) < 4.78 is 37.9. The Morgan fingerprint density at radius 2 is 2.09 bits per heavy atom. The first-order valence-electron chi connectivity index (χ1n) is 7.75. The maximum atomic E-state index is 12.6. The monoisotopic (exact) mass is 349 g/mol. The van der Waals surface area contributed by atoms with Crippen LogP contribution in [-0.4, -0.2) is 41.7 Å². The van der Waals surface area contributed by atoms with Crippen molar-refractivity contribution in [1.29, 1.82) is 0 Å². The van der Waals surface area contributed by atoms with E-state index in [2.05, 4.69) is 10.3 Å². The van der Waals surface area contributed by atoms with Gasteiger partial charge in [-0.2, -0.15) is 13.2 Å². The molecule has 0 spiro atoms. The summed E-state index contributed by atoms with van der Waals surface area (Å²) >= 11 is 1.55. The zero-order valence-corrected chi connectivity index (χ0v) is 14.1. The van der Waals surface area contributed by atoms with Crippen LogP contribution in [-0.2, 0) is 0 Å². The number of carbonyl (C=O) groups is 1. The topological polar surface area (TPSA) is 45.2 Å². The molecule has 2 rings (SSSR count). The highest BCUT2D eigenvalue weighted by atomic mass is 32.1. The van der Waals surface area contributed by atoms with Crippen molar-refractivity contribution in [2.24, 2.45) is 5.92 Å². The van der Waals surface area contributed by atoms with E-state index in [0.29, 0.717) is 19.4 Å². The van der Waals surface area contributed by atoms with Crippen molar-refractivity contribution in [2.75, 3.05) is 13.6 Å². The predicted molar refractivity (Wildman–Crippen MR) is 83.5 cm³/mol. The molecule has 0 aromatic carbocycles. The fourth-order valence-corrected chi connectivity index (χ4v) is 3.59. The lowest BCUT2D eigenvalue weighted by atomic mass is 9.85. The van der Waals surface area contributed by atoms with Crippen LogP contribution in [0.3, 0.4) is 0 Å². The molecular weight excluding hydrogens is 327 g/mol. The highest BCUT2D eigenvalue weighted by Gasteiger charge is 2.41. The lowest BCUT2D eigenvalue weighted by Gasteiger charge is -2.31. The molecule has 130 valence electrons. The molecule has 0 aliphatic heterocycles. The van der Waals surface area contributed by atoms with Crippen molar-refractivity contribution in [1.82, 2.24) is 15.2 Å². The molecule has 8 heteroatoms. The van der Waals surface area contributed by atoms with E-state index in [1.165, 1.54) is 0 Å². The van der Waals surface area contributed by atoms with Crippen molar-refractivity contribution < 1.29 is 18.0 Å². The minimum atomic E-state index is -4.12. The van der Waals surface area contributed by atoms with Gasteiger partial charge in [-0.1, -0.05) is 6.92 Å². The molecule has 0 bridgehead atoms. The van der Waals surface area contributed by atoms with Gasteiger partial charge in [-0.25, -0.2) is 9.78 Å². The molecule has 2 amide bonds. The van der Waals surface area contributed by atoms with E-state index >= 15 is 0 Å². The van der Waals surface area contributed by atoms with Crippen molar-refractivity contribution in [3.05, 3.63) is 16.6 Å². The lowest BCUT2D eigenvalue weighted by Crippen LogP contribution is -2.46. The molecule has 1 aromatic rings. The van der Waals surface area contributed by atoms with Gasteiger partial charge in [0.15, 0.2) is 0 Å². The fourth-order valence-electron chi connectivity index (χ4n) is 2.90. The highest BCUT2D eigenvalue weighted by molar-refractivity contribution is 7.09. The van der Waals surface area contributed by atoms with Crippen LogP contribution in [0.2, 0.25) is 0 Å². The van der Waals surface area contributed by atoms with Gasteiger partial charge in [-0.3, -0.25) is 0 Å². The summed E-state index contributed by atoms with van der Waals surface area (Å²) in [6.45, 7) is 2.52. The summed E-state index contributed by atoms with van der Waals surface area (Å²) in [6, 6.07) is -0.400. The van der Waals surface area contributed by atoms with E-state index in [1.54, 1.807) is 29.5 Å². The van der Waals surface area contributed by atoms with Crippen LogP contribution in [0.1, 0.15) is 43.5 Å². The van der Waals surface area contributed by atoms with Crippen LogP contribution in [0.25, 0.3) is 0 Å². The molecule has 1 fully saturated rings. The van der Waals surface area contributed by atoms with E-state index in [1.807, 2.05) is 12.3 Å². The molecule has 1 N–H and O–H groups in total. The van der Waals surface area contributed by atoms with E-state index in [9.17, 15) is 18.0 Å². The van der Waals surface area contributed by atoms with E-state index in [4.69, 9.17) is 0 Å². The third-order valence-electron chi connectivity index (χ3n) is 4.29. The zero-order chi connectivity index (χ0) is 17.0. The lowest BCUT2D eigenvalue weighted by molar-refractivity contribution is -0.182. The Bertz CT molecular complexity index is 499. The third kappa shape index (κ3) is 5.09. The second-order valence-corrected chi connectivity index (χ2v) is 7.12. The largest absolute Gasteiger partial charge is 0.391 e. The number of hydrogen-bond acceptors (Lipinski definition) is 3. The highest BCUT2D eigenvalue weighted by Crippen LogP contribution is 2.37. The Morgan fingerprint density at radius 3 is 2.61 bits per heavy atom. The van der Waals surface area contributed by atoms with Crippen LogP contribution in [0.5, 0.6) is 0 Å². The van der Waals surface area contributed by atoms with Gasteiger partial charge < -0.3 is 10.2 Å². The smallest absolute Gasteiger partial charge is 0.335 e. The van der Waals surface area contributed by atoms with E-state index < -0.39 is 12.1 Å². The number of rotatable bonds is 4. The van der Waals surface area contributed by atoms with Crippen LogP contribution in [0.4, 0.5) is 18.0 Å². The number of urea groups is 1. The maximum Gasteiger partial charge on any atom is 0.391 e. The molecule has 1 unspecified atom stereocenters. The van der Waals surface area contributed by atoms with Crippen LogP contribution >= 0.6 is 11.3 Å². The average molecular weight is 349 g/mol. The SMILES string of the molecule is CC(CN(C)C(=O)NC1CCC(C(F)(F)F)CC1)c1nccs1. The van der Waals surface area contributed by atoms with Gasteiger partial charge in [0.2, 0.25) is 0 Å². The number of hydrogen-bond donors (Lipinski definition) is 1. The zero-order valence-electron chi connectivity index (χ0n) is 13.3. The van der Waals surface area contributed by atoms with Crippen molar-refractivity contribution in [2.45, 2.75) is 50.7 Å². The summed E-state index contributed by atoms with van der Waals surface area (Å²) in [7, 11) is 1.70. The van der Waals surface area contributed by atoms with Crippen LogP contribution in [0, 0.1) is 5.92 Å². The fraction of sp³-hybridized carbons (Fsp3) is 0.733. The molecule has 1 aromatic heterocycles. The first-order valence-corrected chi connectivity index (χ1v) is 8.63. The number of aromatic nitrogens is 1. The van der Waals surface area contributed by atoms with Crippen LogP contribution < -0.4 is 5.32 Å². The summed E-state index contributed by atoms with van der Waals surface area (Å²) in [5.74, 6) is -1.09. The number of nitrogens with zero attached hydrogens (tertiary/aromatic N) is 2. The van der Waals surface area contributed by atoms with Gasteiger partial charge >= 0.3 is 12.2 Å². The minimum Gasteiger partial charge on any atom is -0.335 e. The second-order valence-electron chi connectivity index (χ2n) is 6.19. The number of amides is 2. The quantitative estimate of drug-likeness (QED) is 0.893. The third-order valence-corrected chi connectivity index (χ3v) is 5.29.